The molecule has 1 aliphatic heterocycles. The van der Waals surface area contributed by atoms with Gasteiger partial charge in [-0.1, -0.05) is 0 Å². The third kappa shape index (κ3) is 5.33. The molecular formula is C11H23N3O4S. The van der Waals surface area contributed by atoms with E-state index in [4.69, 9.17) is 9.88 Å². The highest BCUT2D eigenvalue weighted by Crippen LogP contribution is 2.23. The quantitative estimate of drug-likeness (QED) is 0.777. The van der Waals surface area contributed by atoms with Crippen LogP contribution in [0.2, 0.25) is 0 Å². The van der Waals surface area contributed by atoms with Crippen molar-refractivity contribution >= 4 is 16.3 Å². The van der Waals surface area contributed by atoms with Crippen molar-refractivity contribution in [3.05, 3.63) is 0 Å². The first-order chi connectivity index (χ1) is 8.41. The second kappa shape index (κ2) is 5.26. The van der Waals surface area contributed by atoms with Crippen molar-refractivity contribution in [1.29, 1.82) is 0 Å². The minimum absolute atomic E-state index is 0.297. The number of amides is 1. The largest absolute Gasteiger partial charge is 0.444 e. The van der Waals surface area contributed by atoms with Crippen molar-refractivity contribution < 1.29 is 17.9 Å². The lowest BCUT2D eigenvalue weighted by molar-refractivity contribution is 0.0430. The van der Waals surface area contributed by atoms with Gasteiger partial charge in [0.25, 0.3) is 10.2 Å². The monoisotopic (exact) mass is 293 g/mol. The van der Waals surface area contributed by atoms with E-state index in [0.29, 0.717) is 25.9 Å². The second-order valence-electron chi connectivity index (χ2n) is 6.13. The van der Waals surface area contributed by atoms with Crippen molar-refractivity contribution in [2.45, 2.75) is 51.7 Å². The topological polar surface area (TPSA) is 102 Å². The number of alkyl carbamates (subject to hydrolysis) is 1. The maximum Gasteiger partial charge on any atom is 0.408 e. The summed E-state index contributed by atoms with van der Waals surface area (Å²) in [6.07, 6.45) is 0.518. The molecule has 3 N–H and O–H groups in total. The predicted octanol–water partition coefficient (Wildman–Crippen LogP) is 0.569. The van der Waals surface area contributed by atoms with Gasteiger partial charge in [-0.3, -0.25) is 0 Å². The van der Waals surface area contributed by atoms with Crippen molar-refractivity contribution in [3.8, 4) is 0 Å². The first-order valence-electron chi connectivity index (χ1n) is 6.20. The van der Waals surface area contributed by atoms with Crippen LogP contribution < -0.4 is 10.5 Å². The molecule has 0 aromatic carbocycles. The molecule has 0 aromatic heterocycles. The van der Waals surface area contributed by atoms with Crippen LogP contribution in [0.1, 0.15) is 40.5 Å². The lowest BCUT2D eigenvalue weighted by Gasteiger charge is -2.38. The standard InChI is InChI=1S/C11H23N3O4S/c1-10(2,3)18-9(15)13-11(4)5-7-14(8-6-11)19(12,16)17/h5-8H2,1-4H3,(H,13,15)(H2,12,16,17). The fourth-order valence-corrected chi connectivity index (χ4v) is 2.60. The minimum atomic E-state index is -3.64. The molecule has 1 rings (SSSR count). The summed E-state index contributed by atoms with van der Waals surface area (Å²) in [5.74, 6) is 0. The Morgan fingerprint density at radius 1 is 1.32 bits per heavy atom. The molecule has 7 nitrogen and oxygen atoms in total. The number of piperidine rings is 1. The molecular weight excluding hydrogens is 270 g/mol. The average molecular weight is 293 g/mol. The van der Waals surface area contributed by atoms with Crippen molar-refractivity contribution in [3.63, 3.8) is 0 Å². The van der Waals surface area contributed by atoms with E-state index >= 15 is 0 Å². The zero-order valence-corrected chi connectivity index (χ0v) is 12.7. The zero-order valence-electron chi connectivity index (χ0n) is 11.9. The number of nitrogens with two attached hydrogens (primary N) is 1. The van der Waals surface area contributed by atoms with E-state index in [0.717, 1.165) is 0 Å². The maximum atomic E-state index is 11.7. The Bertz CT molecular complexity index is 433. The van der Waals surface area contributed by atoms with Gasteiger partial charge in [-0.05, 0) is 40.5 Å². The Hall–Kier alpha value is -0.860. The van der Waals surface area contributed by atoms with E-state index in [1.54, 1.807) is 20.8 Å². The minimum Gasteiger partial charge on any atom is -0.444 e. The fourth-order valence-electron chi connectivity index (χ4n) is 1.91. The van der Waals surface area contributed by atoms with Gasteiger partial charge in [0.1, 0.15) is 5.60 Å². The van der Waals surface area contributed by atoms with Crippen LogP contribution in [0.15, 0.2) is 0 Å². The molecule has 1 heterocycles. The SMILES string of the molecule is CC1(NC(=O)OC(C)(C)C)CCN(S(N)(=O)=O)CC1. The summed E-state index contributed by atoms with van der Waals surface area (Å²) < 4.78 is 28.8. The van der Waals surface area contributed by atoms with Gasteiger partial charge in [0.2, 0.25) is 0 Å². The predicted molar refractivity (Wildman–Crippen MR) is 71.7 cm³/mol. The van der Waals surface area contributed by atoms with E-state index in [-0.39, 0.29) is 0 Å². The Morgan fingerprint density at radius 2 is 1.79 bits per heavy atom. The van der Waals surface area contributed by atoms with Gasteiger partial charge in [0, 0.05) is 18.6 Å². The van der Waals surface area contributed by atoms with Gasteiger partial charge in [0.05, 0.1) is 0 Å². The van der Waals surface area contributed by atoms with Crippen molar-refractivity contribution in [2.75, 3.05) is 13.1 Å². The summed E-state index contributed by atoms with van der Waals surface area (Å²) in [6.45, 7) is 7.84. The van der Waals surface area contributed by atoms with Crippen LogP contribution in [-0.2, 0) is 14.9 Å². The molecule has 0 aromatic rings. The number of hydrogen-bond donors (Lipinski definition) is 2. The summed E-state index contributed by atoms with van der Waals surface area (Å²) in [7, 11) is -3.64. The zero-order chi connectivity index (χ0) is 14.9. The fraction of sp³-hybridized carbons (Fsp3) is 0.909. The van der Waals surface area contributed by atoms with Gasteiger partial charge in [-0.2, -0.15) is 12.7 Å². The lowest BCUT2D eigenvalue weighted by atomic mass is 9.91. The Labute approximate surface area is 114 Å². The molecule has 0 unspecified atom stereocenters. The summed E-state index contributed by atoms with van der Waals surface area (Å²) in [4.78, 5) is 11.7. The molecule has 1 fully saturated rings. The molecule has 0 radical (unpaired) electrons. The Balaban J connectivity index is 2.55. The van der Waals surface area contributed by atoms with Gasteiger partial charge < -0.3 is 10.1 Å². The van der Waals surface area contributed by atoms with Crippen LogP contribution >= 0.6 is 0 Å². The smallest absolute Gasteiger partial charge is 0.408 e. The van der Waals surface area contributed by atoms with Crippen molar-refractivity contribution in [2.24, 2.45) is 5.14 Å². The number of rotatable bonds is 2. The van der Waals surface area contributed by atoms with E-state index in [1.165, 1.54) is 4.31 Å². The number of hydrogen-bond acceptors (Lipinski definition) is 4. The molecule has 1 saturated heterocycles. The van der Waals surface area contributed by atoms with Gasteiger partial charge >= 0.3 is 6.09 Å². The highest BCUT2D eigenvalue weighted by atomic mass is 32.2. The normalized spacial score (nSPS) is 20.9. The molecule has 0 saturated carbocycles. The molecule has 1 aliphatic rings. The summed E-state index contributed by atoms with van der Waals surface area (Å²) in [5, 5.41) is 7.87. The number of carbonyl (C=O) groups is 1. The number of nitrogens with one attached hydrogen (secondary N) is 1. The van der Waals surface area contributed by atoms with E-state index < -0.39 is 27.4 Å². The van der Waals surface area contributed by atoms with Crippen LogP contribution in [0.4, 0.5) is 4.79 Å². The summed E-state index contributed by atoms with van der Waals surface area (Å²) >= 11 is 0. The molecule has 19 heavy (non-hydrogen) atoms. The van der Waals surface area contributed by atoms with Crippen LogP contribution in [0, 0.1) is 0 Å². The molecule has 0 atom stereocenters. The van der Waals surface area contributed by atoms with Crippen LogP contribution in [0.3, 0.4) is 0 Å². The van der Waals surface area contributed by atoms with Crippen LogP contribution in [-0.4, -0.2) is 43.0 Å². The van der Waals surface area contributed by atoms with Gasteiger partial charge in [-0.25, -0.2) is 9.93 Å². The molecule has 1 amide bonds. The first kappa shape index (κ1) is 16.2. The van der Waals surface area contributed by atoms with Crippen molar-refractivity contribution in [1.82, 2.24) is 9.62 Å². The maximum absolute atomic E-state index is 11.7. The second-order valence-corrected chi connectivity index (χ2v) is 7.68. The van der Waals surface area contributed by atoms with E-state index in [1.807, 2.05) is 6.92 Å². The lowest BCUT2D eigenvalue weighted by Crippen LogP contribution is -2.55. The highest BCUT2D eigenvalue weighted by molar-refractivity contribution is 7.86. The Morgan fingerprint density at radius 3 is 2.16 bits per heavy atom. The van der Waals surface area contributed by atoms with E-state index in [2.05, 4.69) is 5.32 Å². The molecule has 0 bridgehead atoms. The molecule has 0 spiro atoms. The van der Waals surface area contributed by atoms with E-state index in [9.17, 15) is 13.2 Å². The third-order valence-electron chi connectivity index (χ3n) is 2.99. The number of carbonyl (C=O) groups excluding carboxylic acids is 1. The third-order valence-corrected chi connectivity index (χ3v) is 4.07. The summed E-state index contributed by atoms with van der Waals surface area (Å²) in [5.41, 5.74) is -1.02. The van der Waals surface area contributed by atoms with Gasteiger partial charge in [0.15, 0.2) is 0 Å². The molecule has 0 aliphatic carbocycles. The number of ether oxygens (including phenoxy) is 1. The average Bonchev–Trinajstić information content (AvgIpc) is 2.11. The first-order valence-corrected chi connectivity index (χ1v) is 7.71. The molecule has 8 heteroatoms. The molecule has 112 valence electrons. The van der Waals surface area contributed by atoms with Crippen LogP contribution in [0.25, 0.3) is 0 Å². The number of nitrogens with zero attached hydrogens (tertiary/aromatic N) is 1. The van der Waals surface area contributed by atoms with Crippen LogP contribution in [0.5, 0.6) is 0 Å². The highest BCUT2D eigenvalue weighted by Gasteiger charge is 2.35. The summed E-state index contributed by atoms with van der Waals surface area (Å²) in [6, 6.07) is 0. The Kier molecular flexibility index (Phi) is 4.48. The van der Waals surface area contributed by atoms with Gasteiger partial charge in [-0.15, -0.1) is 0 Å².